The van der Waals surface area contributed by atoms with E-state index in [4.69, 9.17) is 4.74 Å². The van der Waals surface area contributed by atoms with Crippen LogP contribution in [0.15, 0.2) is 29.3 Å². The van der Waals surface area contributed by atoms with Crippen LogP contribution in [-0.2, 0) is 4.79 Å². The minimum absolute atomic E-state index is 0.0722. The number of nitrogens with zero attached hydrogens (tertiary/aromatic N) is 4. The third kappa shape index (κ3) is 6.12. The number of amides is 2. The lowest BCUT2D eigenvalue weighted by Crippen LogP contribution is -2.57. The molecule has 2 aliphatic heterocycles. The van der Waals surface area contributed by atoms with Gasteiger partial charge >= 0.3 is 0 Å². The number of carbonyl (C=O) groups is 2. The smallest absolute Gasteiger partial charge is 0.251 e. The Bertz CT molecular complexity index is 801. The topological polar surface area (TPSA) is 89.5 Å². The maximum absolute atomic E-state index is 12.7. The highest BCUT2D eigenvalue weighted by molar-refractivity contribution is 5.94. The number of guanidine groups is 1. The summed E-state index contributed by atoms with van der Waals surface area (Å²) in [5.41, 5.74) is 0.572. The molecule has 0 bridgehead atoms. The van der Waals surface area contributed by atoms with Crippen LogP contribution >= 0.6 is 0 Å². The van der Waals surface area contributed by atoms with Gasteiger partial charge in [-0.2, -0.15) is 0 Å². The van der Waals surface area contributed by atoms with Crippen molar-refractivity contribution in [3.8, 4) is 5.75 Å². The predicted molar refractivity (Wildman–Crippen MR) is 125 cm³/mol. The summed E-state index contributed by atoms with van der Waals surface area (Å²) in [7, 11) is 3.35. The second-order valence-corrected chi connectivity index (χ2v) is 8.19. The van der Waals surface area contributed by atoms with Crippen molar-refractivity contribution in [2.75, 3.05) is 66.5 Å². The molecule has 1 aromatic rings. The van der Waals surface area contributed by atoms with E-state index in [-0.39, 0.29) is 17.9 Å². The van der Waals surface area contributed by atoms with Gasteiger partial charge in [0.25, 0.3) is 5.91 Å². The van der Waals surface area contributed by atoms with E-state index >= 15 is 0 Å². The van der Waals surface area contributed by atoms with Crippen LogP contribution in [0.5, 0.6) is 5.75 Å². The first kappa shape index (κ1) is 23.8. The fraction of sp³-hybridized carbons (Fsp3) is 0.609. The van der Waals surface area contributed by atoms with Crippen molar-refractivity contribution in [3.63, 3.8) is 0 Å². The van der Waals surface area contributed by atoms with E-state index in [1.165, 1.54) is 0 Å². The Balaban J connectivity index is 1.39. The van der Waals surface area contributed by atoms with Gasteiger partial charge in [-0.15, -0.1) is 0 Å². The Hall–Kier alpha value is -2.81. The first-order valence-electron chi connectivity index (χ1n) is 11.4. The first-order chi connectivity index (χ1) is 15.5. The van der Waals surface area contributed by atoms with Gasteiger partial charge in [0.05, 0.1) is 13.2 Å². The number of aliphatic imine (C=N–C) groups is 1. The fourth-order valence-corrected chi connectivity index (χ4v) is 4.23. The zero-order valence-corrected chi connectivity index (χ0v) is 19.5. The van der Waals surface area contributed by atoms with E-state index in [9.17, 15) is 9.59 Å². The van der Waals surface area contributed by atoms with Crippen LogP contribution in [0.1, 0.15) is 30.1 Å². The lowest BCUT2D eigenvalue weighted by molar-refractivity contribution is -0.135. The summed E-state index contributed by atoms with van der Waals surface area (Å²) in [5.74, 6) is 1.60. The standard InChI is InChI=1S/C23H36N6O3/c1-18(22(31)28-11-4-5-12-28)27-13-15-29(16-14-27)23(24-2)26-10-9-25-21(30)19-7-6-8-20(17-19)32-3/h6-8,17-18H,4-5,9-16H2,1-3H3,(H,24,26)(H,25,30). The minimum atomic E-state index is -0.133. The molecule has 32 heavy (non-hydrogen) atoms. The molecule has 176 valence electrons. The monoisotopic (exact) mass is 444 g/mol. The largest absolute Gasteiger partial charge is 0.497 e. The Kier molecular flexibility index (Phi) is 8.72. The summed E-state index contributed by atoms with van der Waals surface area (Å²) in [6.45, 7) is 8.16. The number of methoxy groups -OCH3 is 1. The molecule has 2 saturated heterocycles. The van der Waals surface area contributed by atoms with E-state index in [0.717, 1.165) is 58.1 Å². The van der Waals surface area contributed by atoms with Crippen molar-refractivity contribution in [2.24, 2.45) is 4.99 Å². The molecule has 1 aromatic carbocycles. The third-order valence-electron chi connectivity index (χ3n) is 6.17. The molecule has 2 fully saturated rings. The Labute approximate surface area is 190 Å². The third-order valence-corrected chi connectivity index (χ3v) is 6.17. The van der Waals surface area contributed by atoms with Gasteiger partial charge in [-0.25, -0.2) is 0 Å². The molecule has 2 heterocycles. The molecule has 0 aromatic heterocycles. The average molecular weight is 445 g/mol. The molecular formula is C23H36N6O3. The number of carbonyl (C=O) groups excluding carboxylic acids is 2. The van der Waals surface area contributed by atoms with Crippen LogP contribution in [0.4, 0.5) is 0 Å². The minimum Gasteiger partial charge on any atom is -0.497 e. The summed E-state index contributed by atoms with van der Waals surface area (Å²) in [5, 5.41) is 6.24. The molecule has 0 aliphatic carbocycles. The van der Waals surface area contributed by atoms with E-state index < -0.39 is 0 Å². The van der Waals surface area contributed by atoms with E-state index in [0.29, 0.717) is 24.4 Å². The number of benzene rings is 1. The molecule has 1 atom stereocenters. The van der Waals surface area contributed by atoms with Crippen LogP contribution in [0, 0.1) is 0 Å². The van der Waals surface area contributed by atoms with Gasteiger partial charge in [-0.3, -0.25) is 19.5 Å². The summed E-state index contributed by atoms with van der Waals surface area (Å²) in [6.07, 6.45) is 2.24. The van der Waals surface area contributed by atoms with Crippen molar-refractivity contribution in [1.82, 2.24) is 25.3 Å². The molecule has 0 saturated carbocycles. The second kappa shape index (κ2) is 11.7. The molecule has 2 aliphatic rings. The van der Waals surface area contributed by atoms with Gasteiger partial charge in [0.2, 0.25) is 5.91 Å². The highest BCUT2D eigenvalue weighted by Crippen LogP contribution is 2.14. The molecule has 2 N–H and O–H groups in total. The van der Waals surface area contributed by atoms with Crippen LogP contribution < -0.4 is 15.4 Å². The second-order valence-electron chi connectivity index (χ2n) is 8.19. The van der Waals surface area contributed by atoms with E-state index in [2.05, 4.69) is 25.4 Å². The highest BCUT2D eigenvalue weighted by atomic mass is 16.5. The molecule has 9 nitrogen and oxygen atoms in total. The molecule has 3 rings (SSSR count). The maximum atomic E-state index is 12.7. The Morgan fingerprint density at radius 1 is 1.03 bits per heavy atom. The van der Waals surface area contributed by atoms with Gasteiger partial charge in [-0.1, -0.05) is 6.07 Å². The first-order valence-corrected chi connectivity index (χ1v) is 11.4. The number of hydrogen-bond acceptors (Lipinski definition) is 5. The number of hydrogen-bond donors (Lipinski definition) is 2. The molecule has 0 radical (unpaired) electrons. The van der Waals surface area contributed by atoms with Crippen LogP contribution in [0.2, 0.25) is 0 Å². The average Bonchev–Trinajstić information content (AvgIpc) is 3.38. The quantitative estimate of drug-likeness (QED) is 0.364. The van der Waals surface area contributed by atoms with Crippen molar-refractivity contribution in [1.29, 1.82) is 0 Å². The van der Waals surface area contributed by atoms with Crippen molar-refractivity contribution >= 4 is 17.8 Å². The van der Waals surface area contributed by atoms with Gasteiger partial charge < -0.3 is 25.2 Å². The van der Waals surface area contributed by atoms with E-state index in [1.54, 1.807) is 32.4 Å². The van der Waals surface area contributed by atoms with Crippen LogP contribution in [-0.4, -0.2) is 105 Å². The molecule has 0 spiro atoms. The molecule has 9 heteroatoms. The normalized spacial score (nSPS) is 18.4. The number of rotatable bonds is 7. The van der Waals surface area contributed by atoms with Gasteiger partial charge in [-0.05, 0) is 38.0 Å². The van der Waals surface area contributed by atoms with Crippen molar-refractivity contribution in [2.45, 2.75) is 25.8 Å². The molecule has 1 unspecified atom stereocenters. The van der Waals surface area contributed by atoms with Crippen molar-refractivity contribution in [3.05, 3.63) is 29.8 Å². The molecule has 2 amide bonds. The van der Waals surface area contributed by atoms with Crippen LogP contribution in [0.3, 0.4) is 0 Å². The maximum Gasteiger partial charge on any atom is 0.251 e. The summed E-state index contributed by atoms with van der Waals surface area (Å²) >= 11 is 0. The number of ether oxygens (including phenoxy) is 1. The van der Waals surface area contributed by atoms with Gasteiger partial charge in [0.15, 0.2) is 5.96 Å². The van der Waals surface area contributed by atoms with E-state index in [1.807, 2.05) is 17.9 Å². The predicted octanol–water partition coefficient (Wildman–Crippen LogP) is 0.629. The number of likely N-dealkylation sites (tertiary alicyclic amines) is 1. The molecular weight excluding hydrogens is 408 g/mol. The van der Waals surface area contributed by atoms with Crippen molar-refractivity contribution < 1.29 is 14.3 Å². The zero-order valence-electron chi connectivity index (χ0n) is 19.5. The highest BCUT2D eigenvalue weighted by Gasteiger charge is 2.30. The lowest BCUT2D eigenvalue weighted by Gasteiger charge is -2.39. The summed E-state index contributed by atoms with van der Waals surface area (Å²) < 4.78 is 5.17. The summed E-state index contributed by atoms with van der Waals surface area (Å²) in [6, 6.07) is 7.02. The Morgan fingerprint density at radius 2 is 1.72 bits per heavy atom. The summed E-state index contributed by atoms with van der Waals surface area (Å²) in [4.78, 5) is 35.8. The lowest BCUT2D eigenvalue weighted by atomic mass is 10.2. The number of nitrogens with one attached hydrogen (secondary N) is 2. The van der Waals surface area contributed by atoms with Gasteiger partial charge in [0.1, 0.15) is 5.75 Å². The number of piperazine rings is 1. The fourth-order valence-electron chi connectivity index (χ4n) is 4.23. The van der Waals surface area contributed by atoms with Gasteiger partial charge in [0, 0.05) is 65.0 Å². The Morgan fingerprint density at radius 3 is 2.38 bits per heavy atom. The SMILES string of the molecule is CN=C(NCCNC(=O)c1cccc(OC)c1)N1CCN(C(C)C(=O)N2CCCC2)CC1. The zero-order chi connectivity index (χ0) is 22.9. The van der Waals surface area contributed by atoms with Crippen LogP contribution in [0.25, 0.3) is 0 Å².